The summed E-state index contributed by atoms with van der Waals surface area (Å²) in [5.74, 6) is 0. The molecule has 1 heterocycles. The first-order valence-electron chi connectivity index (χ1n) is 7.96. The standard InChI is InChI=1S/C16H24N2O2S/c17-10-9-15-6-1-2-11-18(15)21(19,20)16-8-7-13-4-3-5-14(13)12-16/h7-8,12,15H,1-6,9-11,17H2. The van der Waals surface area contributed by atoms with E-state index in [1.165, 1.54) is 11.1 Å². The smallest absolute Gasteiger partial charge is 0.243 e. The van der Waals surface area contributed by atoms with E-state index in [4.69, 9.17) is 5.73 Å². The number of nitrogens with two attached hydrogens (primary N) is 1. The molecule has 0 spiro atoms. The minimum atomic E-state index is -3.38. The molecule has 4 nitrogen and oxygen atoms in total. The van der Waals surface area contributed by atoms with Crippen LogP contribution in [0.25, 0.3) is 0 Å². The minimum absolute atomic E-state index is 0.0713. The first-order valence-corrected chi connectivity index (χ1v) is 9.40. The van der Waals surface area contributed by atoms with Gasteiger partial charge < -0.3 is 5.73 Å². The largest absolute Gasteiger partial charge is 0.330 e. The normalized spacial score (nSPS) is 23.2. The first-order chi connectivity index (χ1) is 10.1. The van der Waals surface area contributed by atoms with Gasteiger partial charge in [0, 0.05) is 12.6 Å². The number of sulfonamides is 1. The molecular formula is C16H24N2O2S. The molecule has 1 unspecified atom stereocenters. The topological polar surface area (TPSA) is 63.4 Å². The van der Waals surface area contributed by atoms with Crippen LogP contribution in [0.2, 0.25) is 0 Å². The van der Waals surface area contributed by atoms with E-state index in [0.717, 1.165) is 44.9 Å². The second-order valence-corrected chi connectivity index (χ2v) is 8.02. The van der Waals surface area contributed by atoms with Gasteiger partial charge in [0.25, 0.3) is 0 Å². The molecule has 0 bridgehead atoms. The van der Waals surface area contributed by atoms with Crippen LogP contribution in [0, 0.1) is 0 Å². The number of hydrogen-bond donors (Lipinski definition) is 1. The summed E-state index contributed by atoms with van der Waals surface area (Å²) in [7, 11) is -3.38. The monoisotopic (exact) mass is 308 g/mol. The molecule has 2 aliphatic rings. The number of aryl methyl sites for hydroxylation is 2. The molecule has 1 aromatic carbocycles. The molecule has 1 aromatic rings. The lowest BCUT2D eigenvalue weighted by molar-refractivity contribution is 0.243. The quantitative estimate of drug-likeness (QED) is 0.926. The van der Waals surface area contributed by atoms with E-state index in [0.29, 0.717) is 18.0 Å². The van der Waals surface area contributed by atoms with Crippen molar-refractivity contribution in [2.24, 2.45) is 5.73 Å². The van der Waals surface area contributed by atoms with Gasteiger partial charge in [0.2, 0.25) is 10.0 Å². The molecule has 2 N–H and O–H groups in total. The van der Waals surface area contributed by atoms with Gasteiger partial charge in [0.15, 0.2) is 0 Å². The van der Waals surface area contributed by atoms with Crippen molar-refractivity contribution in [3.05, 3.63) is 29.3 Å². The fraction of sp³-hybridized carbons (Fsp3) is 0.625. The Morgan fingerprint density at radius 3 is 2.76 bits per heavy atom. The van der Waals surface area contributed by atoms with Crippen molar-refractivity contribution >= 4 is 10.0 Å². The zero-order chi connectivity index (χ0) is 14.9. The van der Waals surface area contributed by atoms with Crippen LogP contribution in [0.3, 0.4) is 0 Å². The fourth-order valence-electron chi connectivity index (χ4n) is 3.62. The van der Waals surface area contributed by atoms with Gasteiger partial charge in [-0.15, -0.1) is 0 Å². The average molecular weight is 308 g/mol. The molecule has 116 valence electrons. The Kier molecular flexibility index (Phi) is 4.33. The SMILES string of the molecule is NCCC1CCCCN1S(=O)(=O)c1ccc2c(c1)CCC2. The number of benzene rings is 1. The van der Waals surface area contributed by atoms with Crippen LogP contribution >= 0.6 is 0 Å². The molecule has 3 rings (SSSR count). The highest BCUT2D eigenvalue weighted by Gasteiger charge is 2.33. The van der Waals surface area contributed by atoms with Crippen molar-refractivity contribution in [2.45, 2.75) is 55.9 Å². The van der Waals surface area contributed by atoms with Crippen molar-refractivity contribution < 1.29 is 8.42 Å². The van der Waals surface area contributed by atoms with Crippen LogP contribution in [0.4, 0.5) is 0 Å². The summed E-state index contributed by atoms with van der Waals surface area (Å²) in [4.78, 5) is 0.465. The van der Waals surface area contributed by atoms with Gasteiger partial charge >= 0.3 is 0 Å². The molecule has 0 saturated carbocycles. The fourth-order valence-corrected chi connectivity index (χ4v) is 5.39. The van der Waals surface area contributed by atoms with Crippen LogP contribution in [0.1, 0.15) is 43.2 Å². The lowest BCUT2D eigenvalue weighted by Crippen LogP contribution is -2.44. The van der Waals surface area contributed by atoms with Crippen molar-refractivity contribution in [3.8, 4) is 0 Å². The predicted molar refractivity (Wildman–Crippen MR) is 83.7 cm³/mol. The summed E-state index contributed by atoms with van der Waals surface area (Å²) in [5.41, 5.74) is 8.18. The minimum Gasteiger partial charge on any atom is -0.330 e. The van der Waals surface area contributed by atoms with Crippen molar-refractivity contribution in [1.29, 1.82) is 0 Å². The summed E-state index contributed by atoms with van der Waals surface area (Å²) < 4.78 is 27.6. The summed E-state index contributed by atoms with van der Waals surface area (Å²) in [6.45, 7) is 1.17. The van der Waals surface area contributed by atoms with Gasteiger partial charge in [-0.3, -0.25) is 0 Å². The maximum absolute atomic E-state index is 13.0. The van der Waals surface area contributed by atoms with E-state index in [2.05, 4.69) is 0 Å². The van der Waals surface area contributed by atoms with E-state index >= 15 is 0 Å². The maximum atomic E-state index is 13.0. The molecule has 1 aliphatic heterocycles. The number of nitrogens with zero attached hydrogens (tertiary/aromatic N) is 1. The van der Waals surface area contributed by atoms with Gasteiger partial charge in [-0.2, -0.15) is 4.31 Å². The molecule has 21 heavy (non-hydrogen) atoms. The molecule has 1 fully saturated rings. The van der Waals surface area contributed by atoms with E-state index in [1.807, 2.05) is 12.1 Å². The average Bonchev–Trinajstić information content (AvgIpc) is 2.95. The Balaban J connectivity index is 1.91. The van der Waals surface area contributed by atoms with Crippen molar-refractivity contribution in [2.75, 3.05) is 13.1 Å². The molecule has 5 heteroatoms. The van der Waals surface area contributed by atoms with Crippen molar-refractivity contribution in [3.63, 3.8) is 0 Å². The van der Waals surface area contributed by atoms with Crippen molar-refractivity contribution in [1.82, 2.24) is 4.31 Å². The number of hydrogen-bond acceptors (Lipinski definition) is 3. The third-order valence-corrected chi connectivity index (χ3v) is 6.70. The lowest BCUT2D eigenvalue weighted by Gasteiger charge is -2.34. The highest BCUT2D eigenvalue weighted by atomic mass is 32.2. The molecule has 1 aliphatic carbocycles. The van der Waals surface area contributed by atoms with E-state index < -0.39 is 10.0 Å². The maximum Gasteiger partial charge on any atom is 0.243 e. The van der Waals surface area contributed by atoms with Crippen LogP contribution in [0.5, 0.6) is 0 Å². The van der Waals surface area contributed by atoms with Crippen LogP contribution in [0.15, 0.2) is 23.1 Å². The predicted octanol–water partition coefficient (Wildman–Crippen LogP) is 2.07. The second kappa shape index (κ2) is 6.07. The zero-order valence-electron chi connectivity index (χ0n) is 12.4. The van der Waals surface area contributed by atoms with E-state index in [-0.39, 0.29) is 6.04 Å². The number of fused-ring (bicyclic) bond motifs is 1. The highest BCUT2D eigenvalue weighted by molar-refractivity contribution is 7.89. The van der Waals surface area contributed by atoms with Crippen LogP contribution < -0.4 is 5.73 Å². The summed E-state index contributed by atoms with van der Waals surface area (Å²) in [6, 6.07) is 5.75. The van der Waals surface area contributed by atoms with Crippen LogP contribution in [-0.4, -0.2) is 31.9 Å². The Morgan fingerprint density at radius 1 is 1.14 bits per heavy atom. The Morgan fingerprint density at radius 2 is 1.95 bits per heavy atom. The molecule has 0 aromatic heterocycles. The third kappa shape index (κ3) is 2.87. The van der Waals surface area contributed by atoms with Crippen LogP contribution in [-0.2, 0) is 22.9 Å². The molecule has 1 atom stereocenters. The molecule has 1 saturated heterocycles. The van der Waals surface area contributed by atoms with E-state index in [1.54, 1.807) is 10.4 Å². The third-order valence-electron chi connectivity index (χ3n) is 4.75. The summed E-state index contributed by atoms with van der Waals surface area (Å²) in [6.07, 6.45) is 6.95. The summed E-state index contributed by atoms with van der Waals surface area (Å²) >= 11 is 0. The van der Waals surface area contributed by atoms with Gasteiger partial charge in [-0.05, 0) is 68.3 Å². The zero-order valence-corrected chi connectivity index (χ0v) is 13.2. The van der Waals surface area contributed by atoms with Gasteiger partial charge in [0.05, 0.1) is 4.90 Å². The van der Waals surface area contributed by atoms with E-state index in [9.17, 15) is 8.42 Å². The Labute approximate surface area is 127 Å². The second-order valence-electron chi connectivity index (χ2n) is 6.13. The van der Waals surface area contributed by atoms with Gasteiger partial charge in [-0.1, -0.05) is 12.5 Å². The molecule has 0 radical (unpaired) electrons. The first kappa shape index (κ1) is 15.0. The highest BCUT2D eigenvalue weighted by Crippen LogP contribution is 2.30. The lowest BCUT2D eigenvalue weighted by atomic mass is 10.0. The van der Waals surface area contributed by atoms with Gasteiger partial charge in [-0.25, -0.2) is 8.42 Å². The Hall–Kier alpha value is -0.910. The van der Waals surface area contributed by atoms with Gasteiger partial charge in [0.1, 0.15) is 0 Å². The molecular weight excluding hydrogens is 284 g/mol. The number of piperidine rings is 1. The number of rotatable bonds is 4. The summed E-state index contributed by atoms with van der Waals surface area (Å²) in [5, 5.41) is 0. The molecule has 0 amide bonds. The Bertz CT molecular complexity index is 611.